The Morgan fingerprint density at radius 3 is 2.32 bits per heavy atom. The molecule has 0 bridgehead atoms. The number of rotatable bonds is 3. The van der Waals surface area contributed by atoms with Gasteiger partial charge in [0, 0.05) is 32.9 Å². The van der Waals surface area contributed by atoms with Gasteiger partial charge in [-0.05, 0) is 47.9 Å². The van der Waals surface area contributed by atoms with Gasteiger partial charge in [-0.3, -0.25) is 4.57 Å². The van der Waals surface area contributed by atoms with Crippen LogP contribution in [0, 0.1) is 0 Å². The van der Waals surface area contributed by atoms with Crippen molar-refractivity contribution in [1.29, 1.82) is 0 Å². The summed E-state index contributed by atoms with van der Waals surface area (Å²) < 4.78 is 9.36. The first-order valence-electron chi connectivity index (χ1n) is 10.1. The molecule has 4 aromatic carbocycles. The Bertz CT molecular complexity index is 1590. The molecule has 0 saturated heterocycles. The van der Waals surface area contributed by atoms with E-state index in [9.17, 15) is 0 Å². The molecule has 148 valence electrons. The van der Waals surface area contributed by atoms with Gasteiger partial charge in [-0.2, -0.15) is 0 Å². The second-order valence-electron chi connectivity index (χ2n) is 7.48. The van der Waals surface area contributed by atoms with E-state index in [0.717, 1.165) is 38.2 Å². The molecule has 0 fully saturated rings. The van der Waals surface area contributed by atoms with Gasteiger partial charge in [0.2, 0.25) is 0 Å². The van der Waals surface area contributed by atoms with E-state index in [2.05, 4.69) is 81.2 Å². The van der Waals surface area contributed by atoms with Gasteiger partial charge in [-0.25, -0.2) is 4.98 Å². The van der Waals surface area contributed by atoms with Crippen LogP contribution in [0.3, 0.4) is 0 Å². The average Bonchev–Trinajstić information content (AvgIpc) is 3.12. The van der Waals surface area contributed by atoms with Crippen molar-refractivity contribution in [2.75, 3.05) is 0 Å². The molecule has 0 aliphatic heterocycles. The van der Waals surface area contributed by atoms with E-state index >= 15 is 0 Å². The van der Waals surface area contributed by atoms with Gasteiger partial charge < -0.3 is 4.74 Å². The summed E-state index contributed by atoms with van der Waals surface area (Å²) in [6.07, 6.45) is 1.94. The summed E-state index contributed by atoms with van der Waals surface area (Å²) in [6, 6.07) is 33.0. The molecule has 6 aromatic rings. The first kappa shape index (κ1) is 18.2. The zero-order valence-electron chi connectivity index (χ0n) is 16.5. The topological polar surface area (TPSA) is 27.1 Å². The molecule has 0 aliphatic rings. The van der Waals surface area contributed by atoms with Crippen molar-refractivity contribution in [3.05, 3.63) is 108 Å². The van der Waals surface area contributed by atoms with Crippen LogP contribution in [0.5, 0.6) is 11.5 Å². The lowest BCUT2D eigenvalue weighted by atomic mass is 10.1. The van der Waals surface area contributed by atoms with Crippen molar-refractivity contribution >= 4 is 48.5 Å². The van der Waals surface area contributed by atoms with E-state index in [4.69, 9.17) is 9.72 Å². The fourth-order valence-electron chi connectivity index (χ4n) is 4.12. The summed E-state index contributed by atoms with van der Waals surface area (Å²) in [5, 5.41) is 4.67. The smallest absolute Gasteiger partial charge is 0.138 e. The summed E-state index contributed by atoms with van der Waals surface area (Å²) in [4.78, 5) is 4.79. The first-order valence-corrected chi connectivity index (χ1v) is 10.9. The van der Waals surface area contributed by atoms with E-state index in [1.165, 1.54) is 16.2 Å². The number of nitrogens with zero attached hydrogens (tertiary/aromatic N) is 2. The quantitative estimate of drug-likeness (QED) is 0.266. The van der Waals surface area contributed by atoms with Crippen molar-refractivity contribution in [3.63, 3.8) is 0 Å². The fourth-order valence-corrected chi connectivity index (χ4v) is 4.50. The van der Waals surface area contributed by atoms with Crippen molar-refractivity contribution in [2.45, 2.75) is 0 Å². The number of aromatic nitrogens is 2. The molecule has 2 heterocycles. The van der Waals surface area contributed by atoms with E-state index in [1.54, 1.807) is 0 Å². The molecular formula is C27H17BrN2O. The monoisotopic (exact) mass is 464 g/mol. The molecular weight excluding hydrogens is 448 g/mol. The van der Waals surface area contributed by atoms with Crippen LogP contribution in [0.1, 0.15) is 0 Å². The lowest BCUT2D eigenvalue weighted by molar-refractivity contribution is 0.483. The van der Waals surface area contributed by atoms with Crippen LogP contribution in [0.4, 0.5) is 0 Å². The molecule has 0 N–H and O–H groups in total. The number of hydrogen-bond donors (Lipinski definition) is 0. The van der Waals surface area contributed by atoms with Gasteiger partial charge in [0.15, 0.2) is 0 Å². The molecule has 0 aliphatic carbocycles. The molecule has 4 heteroatoms. The molecule has 3 nitrogen and oxygen atoms in total. The van der Waals surface area contributed by atoms with Crippen molar-refractivity contribution in [1.82, 2.24) is 9.55 Å². The molecule has 0 spiro atoms. The molecule has 2 aromatic heterocycles. The molecule has 31 heavy (non-hydrogen) atoms. The minimum atomic E-state index is 0.787. The lowest BCUT2D eigenvalue weighted by Crippen LogP contribution is -1.97. The predicted octanol–water partition coefficient (Wildman–Crippen LogP) is 7.89. The highest BCUT2D eigenvalue weighted by atomic mass is 79.9. The van der Waals surface area contributed by atoms with Crippen LogP contribution in [-0.4, -0.2) is 9.55 Å². The third-order valence-corrected chi connectivity index (χ3v) is 6.02. The molecule has 0 saturated carbocycles. The predicted molar refractivity (Wildman–Crippen MR) is 130 cm³/mol. The number of ether oxygens (including phenoxy) is 1. The lowest BCUT2D eigenvalue weighted by Gasteiger charge is -2.10. The van der Waals surface area contributed by atoms with Gasteiger partial charge >= 0.3 is 0 Å². The van der Waals surface area contributed by atoms with Crippen molar-refractivity contribution in [2.24, 2.45) is 0 Å². The number of fused-ring (bicyclic) bond motifs is 4. The summed E-state index contributed by atoms with van der Waals surface area (Å²) in [6.45, 7) is 0. The average molecular weight is 465 g/mol. The summed E-state index contributed by atoms with van der Waals surface area (Å²) in [5.74, 6) is 2.47. The molecule has 0 amide bonds. The Kier molecular flexibility index (Phi) is 4.25. The zero-order chi connectivity index (χ0) is 20.8. The standard InChI is InChI=1S/C27H17BrN2O/c28-20-8-5-9-21(15-20)31-22-12-13-24-23-10-3-4-11-25(23)30(26(24)16-22)27-14-18-6-1-2-7-19(18)17-29-27/h1-17H. The largest absolute Gasteiger partial charge is 0.457 e. The van der Waals surface area contributed by atoms with Crippen molar-refractivity contribution in [3.8, 4) is 17.3 Å². The van der Waals surface area contributed by atoms with E-state index < -0.39 is 0 Å². The van der Waals surface area contributed by atoms with Gasteiger partial charge in [-0.1, -0.05) is 64.5 Å². The molecule has 0 atom stereocenters. The maximum Gasteiger partial charge on any atom is 0.138 e. The Labute approximate surface area is 187 Å². The number of pyridine rings is 1. The molecule has 0 unspecified atom stereocenters. The van der Waals surface area contributed by atoms with Crippen LogP contribution in [0.25, 0.3) is 38.4 Å². The Hall–Kier alpha value is -3.63. The number of benzene rings is 4. The van der Waals surface area contributed by atoms with E-state index in [-0.39, 0.29) is 0 Å². The molecule has 0 radical (unpaired) electrons. The maximum absolute atomic E-state index is 6.16. The zero-order valence-corrected chi connectivity index (χ0v) is 18.1. The van der Waals surface area contributed by atoms with Gasteiger partial charge in [-0.15, -0.1) is 0 Å². The third-order valence-electron chi connectivity index (χ3n) is 5.52. The Balaban J connectivity index is 1.58. The Morgan fingerprint density at radius 2 is 1.42 bits per heavy atom. The number of para-hydroxylation sites is 1. The van der Waals surface area contributed by atoms with Gasteiger partial charge in [0.1, 0.15) is 17.3 Å². The summed E-state index contributed by atoms with van der Waals surface area (Å²) in [5.41, 5.74) is 2.19. The normalized spacial score (nSPS) is 11.4. The first-order chi connectivity index (χ1) is 15.3. The van der Waals surface area contributed by atoms with E-state index in [0.29, 0.717) is 0 Å². The SMILES string of the molecule is Brc1cccc(Oc2ccc3c4ccccc4n(-c4cc5ccccc5cn4)c3c2)c1. The highest BCUT2D eigenvalue weighted by Crippen LogP contribution is 2.35. The summed E-state index contributed by atoms with van der Waals surface area (Å²) >= 11 is 3.51. The second-order valence-corrected chi connectivity index (χ2v) is 8.40. The fraction of sp³-hybridized carbons (Fsp3) is 0. The summed E-state index contributed by atoms with van der Waals surface area (Å²) in [7, 11) is 0. The van der Waals surface area contributed by atoms with Crippen LogP contribution in [-0.2, 0) is 0 Å². The third kappa shape index (κ3) is 3.16. The second kappa shape index (κ2) is 7.25. The highest BCUT2D eigenvalue weighted by molar-refractivity contribution is 9.10. The number of halogens is 1. The Morgan fingerprint density at radius 1 is 0.645 bits per heavy atom. The van der Waals surface area contributed by atoms with Crippen LogP contribution < -0.4 is 4.74 Å². The van der Waals surface area contributed by atoms with Gasteiger partial charge in [0.05, 0.1) is 11.0 Å². The number of hydrogen-bond acceptors (Lipinski definition) is 2. The van der Waals surface area contributed by atoms with Crippen molar-refractivity contribution < 1.29 is 4.74 Å². The van der Waals surface area contributed by atoms with Crippen LogP contribution >= 0.6 is 15.9 Å². The van der Waals surface area contributed by atoms with Crippen LogP contribution in [0.15, 0.2) is 108 Å². The van der Waals surface area contributed by atoms with Crippen LogP contribution in [0.2, 0.25) is 0 Å². The minimum absolute atomic E-state index is 0.787. The minimum Gasteiger partial charge on any atom is -0.457 e. The highest BCUT2D eigenvalue weighted by Gasteiger charge is 2.14. The van der Waals surface area contributed by atoms with Gasteiger partial charge in [0.25, 0.3) is 0 Å². The van der Waals surface area contributed by atoms with E-state index in [1.807, 2.05) is 42.6 Å². The maximum atomic E-state index is 6.16. The molecule has 6 rings (SSSR count).